The molecule has 1 aliphatic carbocycles. The number of carboxylic acid groups (broad SMARTS) is 1. The number of hydrogen-bond donors (Lipinski definition) is 2. The summed E-state index contributed by atoms with van der Waals surface area (Å²) in [5.74, 6) is -8.66. The van der Waals surface area contributed by atoms with Crippen LogP contribution < -0.4 is 5.73 Å². The molecule has 1 atom stereocenters. The Morgan fingerprint density at radius 3 is 2.68 bits per heavy atom. The van der Waals surface area contributed by atoms with Crippen molar-refractivity contribution in [1.29, 1.82) is 0 Å². The predicted molar refractivity (Wildman–Crippen MR) is 58.0 cm³/mol. The van der Waals surface area contributed by atoms with Crippen LogP contribution in [0.3, 0.4) is 0 Å². The van der Waals surface area contributed by atoms with Crippen LogP contribution in [0.4, 0.5) is 17.6 Å². The van der Waals surface area contributed by atoms with Crippen LogP contribution in [0.1, 0.15) is 6.42 Å². The molecule has 4 nitrogen and oxygen atoms in total. The maximum absolute atomic E-state index is 13.6. The summed E-state index contributed by atoms with van der Waals surface area (Å²) in [7, 11) is 0. The summed E-state index contributed by atoms with van der Waals surface area (Å²) in [5.41, 5.74) is 3.81. The van der Waals surface area contributed by atoms with Gasteiger partial charge in [0.1, 0.15) is 11.8 Å². The van der Waals surface area contributed by atoms with Gasteiger partial charge < -0.3 is 10.8 Å². The van der Waals surface area contributed by atoms with Crippen molar-refractivity contribution in [2.24, 2.45) is 10.7 Å². The smallest absolute Gasteiger partial charge is 0.321 e. The summed E-state index contributed by atoms with van der Waals surface area (Å²) in [6.07, 6.45) is 0.356. The molecule has 0 saturated heterocycles. The van der Waals surface area contributed by atoms with E-state index in [0.29, 0.717) is 0 Å². The Bertz CT molecular complexity index is 575. The van der Waals surface area contributed by atoms with E-state index in [9.17, 15) is 22.4 Å². The number of aliphatic carboxylic acids is 1. The number of alkyl halides is 2. The van der Waals surface area contributed by atoms with E-state index in [4.69, 9.17) is 10.8 Å². The fourth-order valence-corrected chi connectivity index (χ4v) is 1.79. The lowest BCUT2D eigenvalue weighted by molar-refractivity contribution is -0.138. The zero-order chi connectivity index (χ0) is 14.4. The van der Waals surface area contributed by atoms with Gasteiger partial charge in [-0.2, -0.15) is 8.78 Å². The van der Waals surface area contributed by atoms with E-state index >= 15 is 0 Å². The highest BCUT2D eigenvalue weighted by Crippen LogP contribution is 2.42. The van der Waals surface area contributed by atoms with E-state index in [1.807, 2.05) is 0 Å². The Morgan fingerprint density at radius 1 is 1.47 bits per heavy atom. The molecule has 19 heavy (non-hydrogen) atoms. The van der Waals surface area contributed by atoms with Gasteiger partial charge in [0.25, 0.3) is 0 Å². The average molecular weight is 276 g/mol. The largest absolute Gasteiger partial charge is 0.480 e. The third-order valence-corrected chi connectivity index (χ3v) is 2.71. The van der Waals surface area contributed by atoms with E-state index in [-0.39, 0.29) is 11.6 Å². The number of nitrogens with zero attached hydrogens (tertiary/aromatic N) is 1. The molecule has 8 heteroatoms. The molecule has 0 unspecified atom stereocenters. The van der Waals surface area contributed by atoms with Crippen LogP contribution in [0.5, 0.6) is 0 Å². The lowest BCUT2D eigenvalue weighted by Gasteiger charge is -2.20. The number of rotatable bonds is 3. The molecular weight excluding hydrogens is 268 g/mol. The average Bonchev–Trinajstić information content (AvgIpc) is 2.69. The molecule has 2 rings (SSSR count). The molecule has 0 aromatic carbocycles. The number of halogens is 4. The van der Waals surface area contributed by atoms with Gasteiger partial charge in [0.15, 0.2) is 11.7 Å². The molecule has 0 spiro atoms. The number of carboxylic acids is 1. The quantitative estimate of drug-likeness (QED) is 0.772. The number of carbonyl (C=O) groups is 1. The summed E-state index contributed by atoms with van der Waals surface area (Å²) in [5, 5.41) is 8.63. The number of hydrogen-bond acceptors (Lipinski definition) is 3. The van der Waals surface area contributed by atoms with Crippen molar-refractivity contribution in [3.63, 3.8) is 0 Å². The van der Waals surface area contributed by atoms with E-state index in [1.54, 1.807) is 0 Å². The molecule has 0 radical (unpaired) electrons. The maximum atomic E-state index is 13.6. The van der Waals surface area contributed by atoms with Gasteiger partial charge in [0.2, 0.25) is 0 Å². The van der Waals surface area contributed by atoms with Crippen molar-refractivity contribution in [2.75, 3.05) is 0 Å². The van der Waals surface area contributed by atoms with Crippen molar-refractivity contribution in [3.8, 4) is 0 Å². The van der Waals surface area contributed by atoms with Crippen molar-refractivity contribution in [1.82, 2.24) is 0 Å². The standard InChI is InChI=1S/C11H8F4N2O2/c12-5-2-11(14,15)9(13)7-4(3-17-8(5)7)1-6(16)10(18)19/h2-3,6H,1,16H2,(H,18,19)/t6-/m0/s1. The molecule has 3 N–H and O–H groups in total. The number of allylic oxidation sites excluding steroid dienone is 4. The van der Waals surface area contributed by atoms with Crippen LogP contribution in [0.25, 0.3) is 0 Å². The van der Waals surface area contributed by atoms with Crippen LogP contribution in [-0.2, 0) is 4.79 Å². The molecular formula is C11H8F4N2O2. The molecule has 0 aromatic rings. The van der Waals surface area contributed by atoms with Crippen molar-refractivity contribution < 1.29 is 27.5 Å². The topological polar surface area (TPSA) is 75.7 Å². The summed E-state index contributed by atoms with van der Waals surface area (Å²) in [6.45, 7) is 0. The van der Waals surface area contributed by atoms with E-state index in [2.05, 4.69) is 4.99 Å². The first-order valence-electron chi connectivity index (χ1n) is 5.17. The monoisotopic (exact) mass is 276 g/mol. The van der Waals surface area contributed by atoms with Gasteiger partial charge >= 0.3 is 11.9 Å². The summed E-state index contributed by atoms with van der Waals surface area (Å²) in [4.78, 5) is 14.1. The molecule has 2 aliphatic rings. The Hall–Kier alpha value is -1.96. The van der Waals surface area contributed by atoms with Crippen LogP contribution in [0, 0.1) is 0 Å². The van der Waals surface area contributed by atoms with Crippen LogP contribution >= 0.6 is 0 Å². The fourth-order valence-electron chi connectivity index (χ4n) is 1.79. The minimum absolute atomic E-state index is 0.162. The Labute approximate surface area is 104 Å². The lowest BCUT2D eigenvalue weighted by atomic mass is 9.91. The molecule has 0 amide bonds. The first kappa shape index (κ1) is 13.5. The fraction of sp³-hybridized carbons (Fsp3) is 0.273. The summed E-state index contributed by atoms with van der Waals surface area (Å²) in [6, 6.07) is -1.41. The first-order chi connectivity index (χ1) is 8.74. The van der Waals surface area contributed by atoms with E-state index < -0.39 is 47.3 Å². The first-order valence-corrected chi connectivity index (χ1v) is 5.17. The predicted octanol–water partition coefficient (Wildman–Crippen LogP) is 1.85. The number of aliphatic imine (C=N–C) groups is 1. The van der Waals surface area contributed by atoms with Crippen molar-refractivity contribution >= 4 is 11.7 Å². The van der Waals surface area contributed by atoms with Gasteiger partial charge in [-0.25, -0.2) is 8.78 Å². The number of fused-ring (bicyclic) bond motifs is 1. The Balaban J connectivity index is 2.37. The van der Waals surface area contributed by atoms with Crippen LogP contribution in [0.2, 0.25) is 0 Å². The zero-order valence-electron chi connectivity index (χ0n) is 9.33. The second-order valence-electron chi connectivity index (χ2n) is 4.09. The SMILES string of the molecule is N[C@@H](CC1=CN=C2C(F)=CC(F)(F)C(F)=C12)C(=O)O. The molecule has 1 aliphatic heterocycles. The van der Waals surface area contributed by atoms with E-state index in [0.717, 1.165) is 6.20 Å². The lowest BCUT2D eigenvalue weighted by Crippen LogP contribution is -2.31. The van der Waals surface area contributed by atoms with Crippen molar-refractivity contribution in [2.45, 2.75) is 18.4 Å². The van der Waals surface area contributed by atoms with Gasteiger partial charge in [-0.1, -0.05) is 0 Å². The van der Waals surface area contributed by atoms with Gasteiger partial charge in [-0.05, 0) is 5.57 Å². The van der Waals surface area contributed by atoms with Crippen molar-refractivity contribution in [3.05, 3.63) is 35.1 Å². The van der Waals surface area contributed by atoms with Crippen LogP contribution in [-0.4, -0.2) is 28.8 Å². The normalized spacial score (nSPS) is 22.5. The highest BCUT2D eigenvalue weighted by atomic mass is 19.3. The Kier molecular flexibility index (Phi) is 3.05. The third-order valence-electron chi connectivity index (χ3n) is 2.71. The minimum Gasteiger partial charge on any atom is -0.480 e. The van der Waals surface area contributed by atoms with E-state index in [1.165, 1.54) is 0 Å². The highest BCUT2D eigenvalue weighted by Gasteiger charge is 2.44. The van der Waals surface area contributed by atoms with Gasteiger partial charge in [0.05, 0.1) is 0 Å². The number of nitrogens with two attached hydrogens (primary N) is 1. The Morgan fingerprint density at radius 2 is 2.11 bits per heavy atom. The summed E-state index contributed by atoms with van der Waals surface area (Å²) < 4.78 is 53.3. The summed E-state index contributed by atoms with van der Waals surface area (Å²) >= 11 is 0. The van der Waals surface area contributed by atoms with Crippen LogP contribution in [0.15, 0.2) is 40.1 Å². The second kappa shape index (κ2) is 4.30. The second-order valence-corrected chi connectivity index (χ2v) is 4.09. The van der Waals surface area contributed by atoms with Gasteiger partial charge in [0, 0.05) is 24.3 Å². The molecule has 102 valence electrons. The highest BCUT2D eigenvalue weighted by molar-refractivity contribution is 6.17. The maximum Gasteiger partial charge on any atom is 0.321 e. The molecule has 1 heterocycles. The van der Waals surface area contributed by atoms with Gasteiger partial charge in [-0.3, -0.25) is 9.79 Å². The molecule has 0 fully saturated rings. The molecule has 0 bridgehead atoms. The zero-order valence-corrected chi connectivity index (χ0v) is 9.33. The molecule has 0 aromatic heterocycles. The van der Waals surface area contributed by atoms with Gasteiger partial charge in [-0.15, -0.1) is 0 Å². The third kappa shape index (κ3) is 2.19. The molecule has 0 saturated carbocycles. The minimum atomic E-state index is -4.07.